The summed E-state index contributed by atoms with van der Waals surface area (Å²) in [6.45, 7) is 3.30. The first-order valence-corrected chi connectivity index (χ1v) is 13.4. The molecule has 1 aliphatic rings. The number of halogens is 2. The second kappa shape index (κ2) is 12.5. The summed E-state index contributed by atoms with van der Waals surface area (Å²) >= 11 is 0. The van der Waals surface area contributed by atoms with Crippen molar-refractivity contribution in [3.63, 3.8) is 0 Å². The first-order valence-electron chi connectivity index (χ1n) is 13.4. The number of hydrogen-bond donors (Lipinski definition) is 2. The van der Waals surface area contributed by atoms with Crippen molar-refractivity contribution in [2.75, 3.05) is 22.1 Å². The Balaban J connectivity index is 1.28. The number of hydrogen-bond acceptors (Lipinski definition) is 8. The van der Waals surface area contributed by atoms with Crippen LogP contribution < -0.4 is 20.3 Å². The van der Waals surface area contributed by atoms with Gasteiger partial charge < -0.3 is 20.3 Å². The molecule has 1 saturated heterocycles. The molecule has 44 heavy (non-hydrogen) atoms. The highest BCUT2D eigenvalue weighted by Crippen LogP contribution is 2.30. The summed E-state index contributed by atoms with van der Waals surface area (Å²) in [5.74, 6) is -3.22. The van der Waals surface area contributed by atoms with Crippen LogP contribution in [0, 0.1) is 28.9 Å². The molecule has 0 aliphatic carbocycles. The maximum absolute atomic E-state index is 15.1. The van der Waals surface area contributed by atoms with Crippen LogP contribution >= 0.6 is 0 Å². The van der Waals surface area contributed by atoms with Crippen LogP contribution in [0.25, 0.3) is 0 Å². The third kappa shape index (κ3) is 6.44. The molecule has 0 saturated carbocycles. The van der Waals surface area contributed by atoms with Crippen LogP contribution in [0.2, 0.25) is 0 Å². The fraction of sp³-hybridized carbons (Fsp3) is 0.161. The van der Waals surface area contributed by atoms with Crippen molar-refractivity contribution in [2.24, 2.45) is 5.92 Å². The summed E-state index contributed by atoms with van der Waals surface area (Å²) in [5, 5.41) is 14.4. The van der Waals surface area contributed by atoms with Crippen molar-refractivity contribution in [1.82, 2.24) is 14.9 Å². The van der Waals surface area contributed by atoms with Gasteiger partial charge in [0.25, 0.3) is 0 Å². The molecule has 2 aromatic heterocycles. The van der Waals surface area contributed by atoms with E-state index in [9.17, 15) is 18.8 Å². The van der Waals surface area contributed by atoms with Gasteiger partial charge in [0.15, 0.2) is 11.6 Å². The number of amides is 4. The number of imide groups is 1. The van der Waals surface area contributed by atoms with Gasteiger partial charge in [-0.2, -0.15) is 5.26 Å². The molecule has 0 spiro atoms. The van der Waals surface area contributed by atoms with Gasteiger partial charge in [-0.05, 0) is 68.4 Å². The molecular formula is C31H25F2N7O4. The topological polar surface area (TPSA) is 141 Å². The summed E-state index contributed by atoms with van der Waals surface area (Å²) in [5.41, 5.74) is 0.596. The van der Waals surface area contributed by atoms with Crippen LogP contribution in [-0.4, -0.2) is 45.3 Å². The minimum Gasteiger partial charge on any atom is -0.454 e. The largest absolute Gasteiger partial charge is 0.454 e. The highest BCUT2D eigenvalue weighted by molar-refractivity contribution is 6.23. The molecule has 2 aromatic carbocycles. The van der Waals surface area contributed by atoms with Gasteiger partial charge in [0.1, 0.15) is 35.2 Å². The van der Waals surface area contributed by atoms with Crippen LogP contribution in [0.15, 0.2) is 79.1 Å². The van der Waals surface area contributed by atoms with Crippen molar-refractivity contribution in [3.05, 3.63) is 96.3 Å². The zero-order valence-electron chi connectivity index (χ0n) is 23.5. The maximum Gasteiger partial charge on any atom is 0.331 e. The summed E-state index contributed by atoms with van der Waals surface area (Å²) in [7, 11) is 0. The number of nitrogens with one attached hydrogen (secondary N) is 2. The number of rotatable bonds is 8. The lowest BCUT2D eigenvalue weighted by Gasteiger charge is -2.39. The molecule has 13 heteroatoms. The van der Waals surface area contributed by atoms with E-state index in [0.717, 1.165) is 23.1 Å². The number of aromatic nitrogens is 2. The zero-order valence-corrected chi connectivity index (χ0v) is 23.5. The molecule has 1 unspecified atom stereocenters. The number of pyridine rings is 2. The van der Waals surface area contributed by atoms with Gasteiger partial charge in [-0.3, -0.25) is 9.59 Å². The molecule has 222 valence electrons. The van der Waals surface area contributed by atoms with E-state index in [0.29, 0.717) is 17.2 Å². The number of carbonyl (C=O) groups excluding carboxylic acids is 3. The van der Waals surface area contributed by atoms with Gasteiger partial charge >= 0.3 is 6.03 Å². The number of urea groups is 1. The first-order chi connectivity index (χ1) is 21.1. The average Bonchev–Trinajstić information content (AvgIpc) is 3.00. The van der Waals surface area contributed by atoms with Gasteiger partial charge in [0.2, 0.25) is 11.8 Å². The van der Waals surface area contributed by atoms with Crippen LogP contribution in [0.1, 0.15) is 19.4 Å². The number of nitriles is 1. The van der Waals surface area contributed by atoms with E-state index >= 15 is 4.39 Å². The molecule has 1 fully saturated rings. The molecule has 1 atom stereocenters. The number of nitrogens with zero attached hydrogens (tertiary/aromatic N) is 5. The lowest BCUT2D eigenvalue weighted by molar-refractivity contribution is -0.132. The average molecular weight is 598 g/mol. The van der Waals surface area contributed by atoms with Gasteiger partial charge in [-0.1, -0.05) is 0 Å². The van der Waals surface area contributed by atoms with Gasteiger partial charge in [0, 0.05) is 42.8 Å². The second-order valence-corrected chi connectivity index (χ2v) is 10.0. The third-order valence-electron chi connectivity index (χ3n) is 6.67. The number of carbonyl (C=O) groups is 3. The molecule has 2 N–H and O–H groups in total. The van der Waals surface area contributed by atoms with E-state index in [-0.39, 0.29) is 35.5 Å². The number of ether oxygens (including phenoxy) is 1. The SMILES string of the molecule is CC(C)N1CC(C(=O)Nc2ccc(Oc3ccnc(Nc4ccc(C#N)cn4)c3)c(F)c2)C(=O)N(c2ccc(F)cc2)C1=O. The minimum absolute atomic E-state index is 0.0675. The monoisotopic (exact) mass is 597 g/mol. The molecule has 3 heterocycles. The molecule has 11 nitrogen and oxygen atoms in total. The standard InChI is InChI=1S/C31H25F2N7O4/c1-18(2)39-17-24(30(42)40(31(39)43)22-7-4-20(32)5-8-22)29(41)37-21-6-9-26(25(33)13-21)44-23-11-12-35-28(14-23)38-27-10-3-19(15-34)16-36-27/h3-14,16,18,24H,17H2,1-2H3,(H,37,41)(H,35,36,38). The van der Waals surface area contributed by atoms with E-state index < -0.39 is 35.4 Å². The predicted molar refractivity (Wildman–Crippen MR) is 156 cm³/mol. The van der Waals surface area contributed by atoms with E-state index in [1.54, 1.807) is 26.0 Å². The van der Waals surface area contributed by atoms with Crippen molar-refractivity contribution in [1.29, 1.82) is 5.26 Å². The Labute approximate surface area is 250 Å². The zero-order chi connectivity index (χ0) is 31.4. The molecule has 5 rings (SSSR count). The van der Waals surface area contributed by atoms with E-state index in [4.69, 9.17) is 10.00 Å². The fourth-order valence-corrected chi connectivity index (χ4v) is 4.41. The molecule has 0 radical (unpaired) electrons. The summed E-state index contributed by atoms with van der Waals surface area (Å²) < 4.78 is 34.2. The fourth-order valence-electron chi connectivity index (χ4n) is 4.41. The van der Waals surface area contributed by atoms with Crippen molar-refractivity contribution < 1.29 is 27.9 Å². The van der Waals surface area contributed by atoms with E-state index in [2.05, 4.69) is 20.6 Å². The molecule has 4 amide bonds. The third-order valence-corrected chi connectivity index (χ3v) is 6.67. The quantitative estimate of drug-likeness (QED) is 0.250. The smallest absolute Gasteiger partial charge is 0.331 e. The minimum atomic E-state index is -1.30. The van der Waals surface area contributed by atoms with Crippen molar-refractivity contribution in [2.45, 2.75) is 19.9 Å². The Kier molecular flexibility index (Phi) is 8.43. The Morgan fingerprint density at radius 3 is 2.45 bits per heavy atom. The Morgan fingerprint density at radius 1 is 1.02 bits per heavy atom. The van der Waals surface area contributed by atoms with E-state index in [1.807, 2.05) is 6.07 Å². The first kappa shape index (κ1) is 29.6. The molecule has 4 aromatic rings. The lowest BCUT2D eigenvalue weighted by Crippen LogP contribution is -2.61. The number of benzene rings is 2. The van der Waals surface area contributed by atoms with Crippen LogP contribution in [-0.2, 0) is 9.59 Å². The summed E-state index contributed by atoms with van der Waals surface area (Å²) in [4.78, 5) is 50.2. The molecular weight excluding hydrogens is 572 g/mol. The van der Waals surface area contributed by atoms with Gasteiger partial charge in [-0.15, -0.1) is 0 Å². The lowest BCUT2D eigenvalue weighted by atomic mass is 10.0. The van der Waals surface area contributed by atoms with Crippen molar-refractivity contribution >= 4 is 40.9 Å². The van der Waals surface area contributed by atoms with Crippen LogP contribution in [0.3, 0.4) is 0 Å². The summed E-state index contributed by atoms with van der Waals surface area (Å²) in [6.07, 6.45) is 2.86. The predicted octanol–water partition coefficient (Wildman–Crippen LogP) is 5.59. The summed E-state index contributed by atoms with van der Waals surface area (Å²) in [6, 6.07) is 15.8. The molecule has 1 aliphatic heterocycles. The van der Waals surface area contributed by atoms with Gasteiger partial charge in [0.05, 0.1) is 11.3 Å². The van der Waals surface area contributed by atoms with Gasteiger partial charge in [-0.25, -0.2) is 28.4 Å². The maximum atomic E-state index is 15.1. The Hall–Kier alpha value is -5.90. The Bertz CT molecular complexity index is 1760. The van der Waals surface area contributed by atoms with Crippen LogP contribution in [0.4, 0.5) is 36.6 Å². The van der Waals surface area contributed by atoms with Crippen molar-refractivity contribution in [3.8, 4) is 17.6 Å². The Morgan fingerprint density at radius 2 is 1.80 bits per heavy atom. The normalized spacial score (nSPS) is 14.8. The highest BCUT2D eigenvalue weighted by atomic mass is 19.1. The second-order valence-electron chi connectivity index (χ2n) is 10.0. The highest BCUT2D eigenvalue weighted by Gasteiger charge is 2.44. The molecule has 0 bridgehead atoms. The van der Waals surface area contributed by atoms with E-state index in [1.165, 1.54) is 53.7 Å². The van der Waals surface area contributed by atoms with Crippen LogP contribution in [0.5, 0.6) is 11.5 Å². The number of anilines is 4.